The molecule has 21 heavy (non-hydrogen) atoms. The van der Waals surface area contributed by atoms with Gasteiger partial charge in [0, 0.05) is 18.0 Å². The van der Waals surface area contributed by atoms with Crippen LogP contribution in [0.4, 0.5) is 0 Å². The number of amides is 1. The molecule has 1 aliphatic heterocycles. The van der Waals surface area contributed by atoms with E-state index in [0.717, 1.165) is 24.8 Å². The van der Waals surface area contributed by atoms with Gasteiger partial charge < -0.3 is 15.6 Å². The van der Waals surface area contributed by atoms with E-state index in [-0.39, 0.29) is 23.9 Å². The molecular weight excluding hydrogens is 290 g/mol. The largest absolute Gasteiger partial charge is 0.349 e. The fourth-order valence-corrected chi connectivity index (χ4v) is 2.58. The van der Waals surface area contributed by atoms with Crippen LogP contribution in [-0.4, -0.2) is 30.0 Å². The minimum atomic E-state index is -0.235. The van der Waals surface area contributed by atoms with Crippen LogP contribution >= 0.6 is 12.4 Å². The van der Waals surface area contributed by atoms with Crippen molar-refractivity contribution in [2.75, 3.05) is 13.1 Å². The molecule has 3 rings (SSSR count). The number of carbonyl (C=O) groups is 1. The van der Waals surface area contributed by atoms with Crippen molar-refractivity contribution < 1.29 is 4.79 Å². The van der Waals surface area contributed by atoms with E-state index < -0.39 is 0 Å². The summed E-state index contributed by atoms with van der Waals surface area (Å²) in [5.41, 5.74) is 0.0824. The highest BCUT2D eigenvalue weighted by Crippen LogP contribution is 2.10. The number of benzene rings is 1. The average molecular weight is 308 g/mol. The molecule has 112 valence electrons. The van der Waals surface area contributed by atoms with Crippen LogP contribution < -0.4 is 16.2 Å². The summed E-state index contributed by atoms with van der Waals surface area (Å²) in [5.74, 6) is -0.235. The molecule has 0 aliphatic carbocycles. The maximum Gasteiger partial charge on any atom is 0.267 e. The first kappa shape index (κ1) is 15.5. The molecule has 3 N–H and O–H groups in total. The van der Waals surface area contributed by atoms with Crippen LogP contribution in [-0.2, 0) is 0 Å². The minimum absolute atomic E-state index is 0. The molecule has 6 heteroatoms. The van der Waals surface area contributed by atoms with Gasteiger partial charge in [0.2, 0.25) is 0 Å². The number of hydrogen-bond acceptors (Lipinski definition) is 3. The summed E-state index contributed by atoms with van der Waals surface area (Å²) in [7, 11) is 0. The zero-order chi connectivity index (χ0) is 13.9. The van der Waals surface area contributed by atoms with Crippen molar-refractivity contribution in [2.24, 2.45) is 0 Å². The Morgan fingerprint density at radius 3 is 2.90 bits per heavy atom. The van der Waals surface area contributed by atoms with E-state index in [2.05, 4.69) is 15.6 Å². The SMILES string of the molecule is Cl.O=C(NCC1CCCN1)c1cc2ccccc2c(=O)[nH]1. The van der Waals surface area contributed by atoms with Gasteiger partial charge in [-0.05, 0) is 36.9 Å². The first-order chi connectivity index (χ1) is 9.74. The summed E-state index contributed by atoms with van der Waals surface area (Å²) >= 11 is 0. The number of rotatable bonds is 3. The van der Waals surface area contributed by atoms with Crippen LogP contribution in [0.1, 0.15) is 23.3 Å². The van der Waals surface area contributed by atoms with E-state index in [0.29, 0.717) is 23.7 Å². The maximum atomic E-state index is 12.1. The first-order valence-electron chi connectivity index (χ1n) is 6.88. The van der Waals surface area contributed by atoms with Gasteiger partial charge in [-0.15, -0.1) is 12.4 Å². The number of nitrogens with one attached hydrogen (secondary N) is 3. The highest BCUT2D eigenvalue weighted by atomic mass is 35.5. The molecule has 1 saturated heterocycles. The molecular formula is C15H18ClN3O2. The number of aromatic amines is 1. The van der Waals surface area contributed by atoms with Crippen LogP contribution in [0.25, 0.3) is 10.8 Å². The van der Waals surface area contributed by atoms with Gasteiger partial charge in [-0.3, -0.25) is 9.59 Å². The van der Waals surface area contributed by atoms with Crippen molar-refractivity contribution in [2.45, 2.75) is 18.9 Å². The molecule has 1 fully saturated rings. The third kappa shape index (κ3) is 3.43. The monoisotopic (exact) mass is 307 g/mol. The Morgan fingerprint density at radius 1 is 1.33 bits per heavy atom. The normalized spacial score (nSPS) is 17.4. The van der Waals surface area contributed by atoms with Crippen molar-refractivity contribution in [3.05, 3.63) is 46.4 Å². The second-order valence-electron chi connectivity index (χ2n) is 5.10. The molecule has 0 saturated carbocycles. The van der Waals surface area contributed by atoms with Gasteiger partial charge in [0.05, 0.1) is 0 Å². The van der Waals surface area contributed by atoms with E-state index in [4.69, 9.17) is 0 Å². The molecule has 2 heterocycles. The van der Waals surface area contributed by atoms with E-state index in [1.54, 1.807) is 12.1 Å². The predicted octanol–water partition coefficient (Wildman–Crippen LogP) is 1.43. The lowest BCUT2D eigenvalue weighted by Gasteiger charge is -2.11. The highest BCUT2D eigenvalue weighted by Gasteiger charge is 2.16. The van der Waals surface area contributed by atoms with Gasteiger partial charge in [-0.2, -0.15) is 0 Å². The summed E-state index contributed by atoms with van der Waals surface area (Å²) in [6, 6.07) is 9.30. The standard InChI is InChI=1S/C15H17N3O2.ClH/c19-14-12-6-2-1-4-10(12)8-13(18-14)15(20)17-9-11-5-3-7-16-11;/h1-2,4,6,8,11,16H,3,5,7,9H2,(H,17,20)(H,18,19);1H. The molecule has 1 aromatic heterocycles. The number of aromatic nitrogens is 1. The van der Waals surface area contributed by atoms with Gasteiger partial charge in [0.25, 0.3) is 11.5 Å². The summed E-state index contributed by atoms with van der Waals surface area (Å²) in [6.07, 6.45) is 2.22. The molecule has 1 unspecified atom stereocenters. The molecule has 0 spiro atoms. The predicted molar refractivity (Wildman–Crippen MR) is 85.2 cm³/mol. The molecule has 1 aromatic carbocycles. The summed E-state index contributed by atoms with van der Waals surface area (Å²) in [6.45, 7) is 1.60. The average Bonchev–Trinajstić information content (AvgIpc) is 2.98. The number of pyridine rings is 1. The number of fused-ring (bicyclic) bond motifs is 1. The van der Waals surface area contributed by atoms with E-state index in [9.17, 15) is 9.59 Å². The van der Waals surface area contributed by atoms with E-state index >= 15 is 0 Å². The van der Waals surface area contributed by atoms with Crippen LogP contribution in [0.15, 0.2) is 35.1 Å². The fraction of sp³-hybridized carbons (Fsp3) is 0.333. The van der Waals surface area contributed by atoms with Crippen LogP contribution in [0.2, 0.25) is 0 Å². The first-order valence-corrected chi connectivity index (χ1v) is 6.88. The molecule has 1 atom stereocenters. The van der Waals surface area contributed by atoms with Crippen LogP contribution in [0.3, 0.4) is 0 Å². The van der Waals surface area contributed by atoms with Crippen molar-refractivity contribution in [3.63, 3.8) is 0 Å². The minimum Gasteiger partial charge on any atom is -0.349 e. The van der Waals surface area contributed by atoms with Crippen molar-refractivity contribution in [3.8, 4) is 0 Å². The summed E-state index contributed by atoms with van der Waals surface area (Å²) in [4.78, 5) is 26.6. The Bertz CT molecular complexity index is 693. The molecule has 0 radical (unpaired) electrons. The fourth-order valence-electron chi connectivity index (χ4n) is 2.58. The third-order valence-corrected chi connectivity index (χ3v) is 3.67. The van der Waals surface area contributed by atoms with Crippen LogP contribution in [0, 0.1) is 0 Å². The number of halogens is 1. The Hall–Kier alpha value is -1.85. The van der Waals surface area contributed by atoms with E-state index in [1.807, 2.05) is 18.2 Å². The Kier molecular flexibility index (Phi) is 4.98. The van der Waals surface area contributed by atoms with Crippen molar-refractivity contribution in [1.29, 1.82) is 0 Å². The van der Waals surface area contributed by atoms with Crippen molar-refractivity contribution in [1.82, 2.24) is 15.6 Å². The summed E-state index contributed by atoms with van der Waals surface area (Å²) in [5, 5.41) is 7.56. The van der Waals surface area contributed by atoms with Gasteiger partial charge in [0.15, 0.2) is 0 Å². The topological polar surface area (TPSA) is 74.0 Å². The summed E-state index contributed by atoms with van der Waals surface area (Å²) < 4.78 is 0. The lowest BCUT2D eigenvalue weighted by atomic mass is 10.1. The third-order valence-electron chi connectivity index (χ3n) is 3.67. The van der Waals surface area contributed by atoms with Crippen molar-refractivity contribution >= 4 is 29.1 Å². The number of carbonyl (C=O) groups excluding carboxylic acids is 1. The second kappa shape index (κ2) is 6.74. The van der Waals surface area contributed by atoms with Gasteiger partial charge in [0.1, 0.15) is 5.69 Å². The zero-order valence-corrected chi connectivity index (χ0v) is 12.3. The zero-order valence-electron chi connectivity index (χ0n) is 11.5. The smallest absolute Gasteiger partial charge is 0.267 e. The second-order valence-corrected chi connectivity index (χ2v) is 5.10. The highest BCUT2D eigenvalue weighted by molar-refractivity contribution is 5.96. The van der Waals surface area contributed by atoms with E-state index in [1.165, 1.54) is 0 Å². The molecule has 2 aromatic rings. The molecule has 0 bridgehead atoms. The van der Waals surface area contributed by atoms with Gasteiger partial charge in [-0.1, -0.05) is 18.2 Å². The van der Waals surface area contributed by atoms with Gasteiger partial charge >= 0.3 is 0 Å². The van der Waals surface area contributed by atoms with Crippen LogP contribution in [0.5, 0.6) is 0 Å². The number of H-pyrrole nitrogens is 1. The number of hydrogen-bond donors (Lipinski definition) is 3. The molecule has 1 aliphatic rings. The Morgan fingerprint density at radius 2 is 2.14 bits per heavy atom. The van der Waals surface area contributed by atoms with Gasteiger partial charge in [-0.25, -0.2) is 0 Å². The Balaban J connectivity index is 0.00000161. The Labute approximate surface area is 128 Å². The quantitative estimate of drug-likeness (QED) is 0.803. The lowest BCUT2D eigenvalue weighted by molar-refractivity contribution is 0.0945. The molecule has 1 amide bonds. The maximum absolute atomic E-state index is 12.1. The molecule has 5 nitrogen and oxygen atoms in total. The lowest BCUT2D eigenvalue weighted by Crippen LogP contribution is -2.37.